The lowest BCUT2D eigenvalue weighted by molar-refractivity contribution is 0.194. The molecular weight excluding hydrogens is 210 g/mol. The molecule has 0 saturated heterocycles. The van der Waals surface area contributed by atoms with Gasteiger partial charge in [-0.05, 0) is 12.8 Å². The molecule has 0 aromatic carbocycles. The monoisotopic (exact) mass is 225 g/mol. The molecule has 16 heavy (non-hydrogen) atoms. The summed E-state index contributed by atoms with van der Waals surface area (Å²) in [6.07, 6.45) is 4.14. The Bertz CT molecular complexity index is 358. The Morgan fingerprint density at radius 1 is 1.50 bits per heavy atom. The van der Waals surface area contributed by atoms with E-state index in [1.807, 2.05) is 0 Å². The lowest BCUT2D eigenvalue weighted by Crippen LogP contribution is -2.23. The highest BCUT2D eigenvalue weighted by Gasteiger charge is 2.22. The molecule has 1 aliphatic carbocycles. The Balaban J connectivity index is 1.84. The minimum Gasteiger partial charge on any atom is -0.465 e. The summed E-state index contributed by atoms with van der Waals surface area (Å²) >= 11 is 0. The van der Waals surface area contributed by atoms with E-state index in [4.69, 9.17) is 9.63 Å². The summed E-state index contributed by atoms with van der Waals surface area (Å²) < 4.78 is 5.17. The van der Waals surface area contributed by atoms with Crippen LogP contribution in [-0.4, -0.2) is 27.9 Å². The lowest BCUT2D eigenvalue weighted by atomic mass is 10.1. The smallest absolute Gasteiger partial charge is 0.404 e. The van der Waals surface area contributed by atoms with Crippen LogP contribution < -0.4 is 5.32 Å². The molecule has 1 saturated carbocycles. The molecule has 1 fully saturated rings. The number of amides is 1. The molecule has 1 aromatic heterocycles. The van der Waals surface area contributed by atoms with Gasteiger partial charge in [0.1, 0.15) is 0 Å². The zero-order valence-corrected chi connectivity index (χ0v) is 8.98. The van der Waals surface area contributed by atoms with Crippen molar-refractivity contribution < 1.29 is 14.4 Å². The Morgan fingerprint density at radius 3 is 2.94 bits per heavy atom. The highest BCUT2D eigenvalue weighted by Crippen LogP contribution is 2.32. The van der Waals surface area contributed by atoms with Crippen molar-refractivity contribution in [2.45, 2.75) is 38.0 Å². The van der Waals surface area contributed by atoms with Crippen LogP contribution in [0.4, 0.5) is 4.79 Å². The van der Waals surface area contributed by atoms with E-state index in [0.717, 1.165) is 12.8 Å². The van der Waals surface area contributed by atoms with E-state index in [9.17, 15) is 4.79 Å². The summed E-state index contributed by atoms with van der Waals surface area (Å²) in [7, 11) is 0. The van der Waals surface area contributed by atoms with Gasteiger partial charge in [-0.2, -0.15) is 4.98 Å². The number of carbonyl (C=O) groups is 1. The molecule has 2 rings (SSSR count). The first kappa shape index (κ1) is 10.9. The van der Waals surface area contributed by atoms with Gasteiger partial charge in [0.15, 0.2) is 5.82 Å². The molecule has 6 nitrogen and oxygen atoms in total. The molecule has 1 aromatic rings. The SMILES string of the molecule is O=C(O)NCCc1noc(C2CCCC2)n1. The van der Waals surface area contributed by atoms with E-state index in [1.54, 1.807) is 0 Å². The van der Waals surface area contributed by atoms with Gasteiger partial charge in [0.2, 0.25) is 5.89 Å². The lowest BCUT2D eigenvalue weighted by Gasteiger charge is -1.99. The Morgan fingerprint density at radius 2 is 2.25 bits per heavy atom. The van der Waals surface area contributed by atoms with Crippen LogP contribution in [0.5, 0.6) is 0 Å². The summed E-state index contributed by atoms with van der Waals surface area (Å²) in [5, 5.41) is 14.5. The van der Waals surface area contributed by atoms with Crippen molar-refractivity contribution in [3.05, 3.63) is 11.7 Å². The van der Waals surface area contributed by atoms with E-state index in [1.165, 1.54) is 12.8 Å². The maximum atomic E-state index is 10.2. The van der Waals surface area contributed by atoms with Gasteiger partial charge in [-0.3, -0.25) is 0 Å². The van der Waals surface area contributed by atoms with E-state index >= 15 is 0 Å². The van der Waals surface area contributed by atoms with Crippen LogP contribution in [0.2, 0.25) is 0 Å². The molecular formula is C10H15N3O3. The van der Waals surface area contributed by atoms with Crippen molar-refractivity contribution in [1.29, 1.82) is 0 Å². The van der Waals surface area contributed by atoms with Crippen molar-refractivity contribution in [1.82, 2.24) is 15.5 Å². The van der Waals surface area contributed by atoms with Crippen LogP contribution in [0, 0.1) is 0 Å². The standard InChI is InChI=1S/C10H15N3O3/c14-10(15)11-6-5-8-12-9(16-13-8)7-3-1-2-4-7/h7,11H,1-6H2,(H,14,15). The number of nitrogens with zero attached hydrogens (tertiary/aromatic N) is 2. The molecule has 1 amide bonds. The van der Waals surface area contributed by atoms with Gasteiger partial charge in [-0.1, -0.05) is 18.0 Å². The van der Waals surface area contributed by atoms with Gasteiger partial charge in [0.25, 0.3) is 0 Å². The molecule has 0 atom stereocenters. The van der Waals surface area contributed by atoms with Crippen molar-refractivity contribution in [2.75, 3.05) is 6.54 Å². The van der Waals surface area contributed by atoms with Crippen LogP contribution in [-0.2, 0) is 6.42 Å². The zero-order valence-electron chi connectivity index (χ0n) is 8.98. The fourth-order valence-corrected chi connectivity index (χ4v) is 1.99. The van der Waals surface area contributed by atoms with Gasteiger partial charge in [0, 0.05) is 18.9 Å². The second kappa shape index (κ2) is 4.96. The number of hydrogen-bond acceptors (Lipinski definition) is 4. The van der Waals surface area contributed by atoms with Crippen LogP contribution >= 0.6 is 0 Å². The topological polar surface area (TPSA) is 88.2 Å². The predicted molar refractivity (Wildman–Crippen MR) is 55.2 cm³/mol. The maximum absolute atomic E-state index is 10.2. The molecule has 88 valence electrons. The van der Waals surface area contributed by atoms with Gasteiger partial charge < -0.3 is 14.9 Å². The largest absolute Gasteiger partial charge is 0.465 e. The van der Waals surface area contributed by atoms with Crippen LogP contribution in [0.1, 0.15) is 43.3 Å². The summed E-state index contributed by atoms with van der Waals surface area (Å²) in [6, 6.07) is 0. The Hall–Kier alpha value is -1.59. The fourth-order valence-electron chi connectivity index (χ4n) is 1.99. The second-order valence-electron chi connectivity index (χ2n) is 4.01. The molecule has 1 heterocycles. The molecule has 2 N–H and O–H groups in total. The van der Waals surface area contributed by atoms with Crippen molar-refractivity contribution in [3.8, 4) is 0 Å². The van der Waals surface area contributed by atoms with Gasteiger partial charge >= 0.3 is 6.09 Å². The average Bonchev–Trinajstić information content (AvgIpc) is 2.85. The fraction of sp³-hybridized carbons (Fsp3) is 0.700. The molecule has 0 bridgehead atoms. The number of nitrogens with one attached hydrogen (secondary N) is 1. The first-order valence-electron chi connectivity index (χ1n) is 5.55. The van der Waals surface area contributed by atoms with Crippen molar-refractivity contribution >= 4 is 6.09 Å². The molecule has 0 radical (unpaired) electrons. The molecule has 0 unspecified atom stereocenters. The summed E-state index contributed by atoms with van der Waals surface area (Å²) in [5.74, 6) is 1.70. The molecule has 0 aliphatic heterocycles. The highest BCUT2D eigenvalue weighted by atomic mass is 16.5. The minimum atomic E-state index is -1.03. The number of aromatic nitrogens is 2. The van der Waals surface area contributed by atoms with E-state index in [-0.39, 0.29) is 0 Å². The number of carboxylic acid groups (broad SMARTS) is 1. The van der Waals surface area contributed by atoms with Crippen LogP contribution in [0.15, 0.2) is 4.52 Å². The Kier molecular flexibility index (Phi) is 3.38. The summed E-state index contributed by atoms with van der Waals surface area (Å²) in [4.78, 5) is 14.5. The first-order valence-corrected chi connectivity index (χ1v) is 5.55. The van der Waals surface area contributed by atoms with Gasteiger partial charge in [-0.15, -0.1) is 0 Å². The maximum Gasteiger partial charge on any atom is 0.404 e. The summed E-state index contributed by atoms with van der Waals surface area (Å²) in [5.41, 5.74) is 0. The molecule has 1 aliphatic rings. The zero-order chi connectivity index (χ0) is 11.4. The third-order valence-electron chi connectivity index (χ3n) is 2.81. The quantitative estimate of drug-likeness (QED) is 0.811. The third kappa shape index (κ3) is 2.71. The normalized spacial score (nSPS) is 16.5. The number of rotatable bonds is 4. The molecule has 0 spiro atoms. The van der Waals surface area contributed by atoms with Crippen molar-refractivity contribution in [2.24, 2.45) is 0 Å². The summed E-state index contributed by atoms with van der Waals surface area (Å²) in [6.45, 7) is 0.318. The predicted octanol–water partition coefficient (Wildman–Crippen LogP) is 1.54. The van der Waals surface area contributed by atoms with Gasteiger partial charge in [0.05, 0.1) is 0 Å². The number of hydrogen-bond donors (Lipinski definition) is 2. The average molecular weight is 225 g/mol. The van der Waals surface area contributed by atoms with Crippen LogP contribution in [0.25, 0.3) is 0 Å². The van der Waals surface area contributed by atoms with E-state index in [2.05, 4.69) is 15.5 Å². The van der Waals surface area contributed by atoms with Gasteiger partial charge in [-0.25, -0.2) is 4.79 Å². The third-order valence-corrected chi connectivity index (χ3v) is 2.81. The second-order valence-corrected chi connectivity index (χ2v) is 4.01. The molecule has 6 heteroatoms. The highest BCUT2D eigenvalue weighted by molar-refractivity contribution is 5.64. The minimum absolute atomic E-state index is 0.318. The van der Waals surface area contributed by atoms with Crippen molar-refractivity contribution in [3.63, 3.8) is 0 Å². The first-order chi connectivity index (χ1) is 7.75. The van der Waals surface area contributed by atoms with Crippen LogP contribution in [0.3, 0.4) is 0 Å². The van der Waals surface area contributed by atoms with E-state index < -0.39 is 6.09 Å². The Labute approximate surface area is 93.0 Å². The van der Waals surface area contributed by atoms with E-state index in [0.29, 0.717) is 30.6 Å².